The molecule has 0 N–H and O–H groups in total. The van der Waals surface area contributed by atoms with Gasteiger partial charge in [0, 0.05) is 31.8 Å². The van der Waals surface area contributed by atoms with Gasteiger partial charge in [0.2, 0.25) is 11.8 Å². The highest BCUT2D eigenvalue weighted by atomic mass is 16.5. The summed E-state index contributed by atoms with van der Waals surface area (Å²) in [5.41, 5.74) is 0.950. The number of nitrogens with zero attached hydrogens (tertiary/aromatic N) is 2. The van der Waals surface area contributed by atoms with Gasteiger partial charge in [-0.15, -0.1) is 6.58 Å². The molecular formula is C29H38N2O4. The molecule has 1 aliphatic carbocycles. The standard InChI is InChI=1S/C29H38N2O4/c1-3-18-31-25-14-10-5-6-11-17-29(25,28(34)35-4-2)24(27(31)33)21-26(32)30-19-15-23(16-20-30)22-12-8-7-9-13-22/h3,7-9,12-14,23-24H,1,4-6,10-11,15-21H2,2H3/b25-14+/t24-,29-/m1/s1. The van der Waals surface area contributed by atoms with E-state index in [1.807, 2.05) is 17.0 Å². The second-order valence-electron chi connectivity index (χ2n) is 9.94. The molecule has 1 aromatic carbocycles. The molecule has 35 heavy (non-hydrogen) atoms. The fourth-order valence-corrected chi connectivity index (χ4v) is 6.17. The maximum Gasteiger partial charge on any atom is 0.318 e. The van der Waals surface area contributed by atoms with Crippen molar-refractivity contribution in [3.63, 3.8) is 0 Å². The van der Waals surface area contributed by atoms with Gasteiger partial charge in [0.15, 0.2) is 0 Å². The first-order valence-corrected chi connectivity index (χ1v) is 13.2. The average Bonchev–Trinajstić information content (AvgIpc) is 3.07. The number of hydrogen-bond donors (Lipinski definition) is 0. The number of ether oxygens (including phenoxy) is 1. The predicted molar refractivity (Wildman–Crippen MR) is 135 cm³/mol. The van der Waals surface area contributed by atoms with Gasteiger partial charge in [-0.05, 0) is 50.5 Å². The number of fused-ring (bicyclic) bond motifs is 1. The summed E-state index contributed by atoms with van der Waals surface area (Å²) in [6.45, 7) is 7.53. The van der Waals surface area contributed by atoms with Crippen LogP contribution in [0.5, 0.6) is 0 Å². The SMILES string of the molecule is C=CCN1C(=O)[C@@H](CC(=O)N2CCC(c3ccccc3)CC2)[C@]2(C(=O)OCC)CCCCC/C=C/12. The summed E-state index contributed by atoms with van der Waals surface area (Å²) in [4.78, 5) is 44.3. The van der Waals surface area contributed by atoms with E-state index in [9.17, 15) is 14.4 Å². The Morgan fingerprint density at radius 1 is 1.14 bits per heavy atom. The zero-order chi connectivity index (χ0) is 24.8. The van der Waals surface area contributed by atoms with Gasteiger partial charge in [-0.2, -0.15) is 0 Å². The number of benzene rings is 1. The van der Waals surface area contributed by atoms with Crippen LogP contribution in [0.3, 0.4) is 0 Å². The highest BCUT2D eigenvalue weighted by molar-refractivity contribution is 5.99. The minimum Gasteiger partial charge on any atom is -0.465 e. The number of carbonyl (C=O) groups is 3. The van der Waals surface area contributed by atoms with Crippen LogP contribution < -0.4 is 0 Å². The number of likely N-dealkylation sites (tertiary alicyclic amines) is 2. The normalized spacial score (nSPS) is 26.8. The molecule has 1 aromatic rings. The molecule has 4 rings (SSSR count). The number of allylic oxidation sites excluding steroid dienone is 1. The Balaban J connectivity index is 1.57. The van der Waals surface area contributed by atoms with Crippen molar-refractivity contribution in [2.75, 3.05) is 26.2 Å². The molecule has 0 unspecified atom stereocenters. The number of carbonyl (C=O) groups excluding carboxylic acids is 3. The Morgan fingerprint density at radius 3 is 2.57 bits per heavy atom. The molecule has 0 radical (unpaired) electrons. The van der Waals surface area contributed by atoms with Gasteiger partial charge in [0.25, 0.3) is 0 Å². The van der Waals surface area contributed by atoms with Crippen molar-refractivity contribution in [2.24, 2.45) is 11.3 Å². The Kier molecular flexibility index (Phi) is 8.09. The third kappa shape index (κ3) is 4.93. The second kappa shape index (κ2) is 11.2. The molecule has 3 aliphatic rings. The van der Waals surface area contributed by atoms with Crippen LogP contribution in [0, 0.1) is 11.3 Å². The van der Waals surface area contributed by atoms with E-state index in [2.05, 4.69) is 30.8 Å². The molecular weight excluding hydrogens is 440 g/mol. The summed E-state index contributed by atoms with van der Waals surface area (Å²) >= 11 is 0. The Hall–Kier alpha value is -2.89. The Morgan fingerprint density at radius 2 is 1.89 bits per heavy atom. The van der Waals surface area contributed by atoms with Crippen LogP contribution in [0.4, 0.5) is 0 Å². The molecule has 2 aliphatic heterocycles. The molecule has 2 atom stereocenters. The quantitative estimate of drug-likeness (QED) is 0.416. The van der Waals surface area contributed by atoms with Gasteiger partial charge in [0.1, 0.15) is 5.41 Å². The summed E-state index contributed by atoms with van der Waals surface area (Å²) in [5, 5.41) is 0. The highest BCUT2D eigenvalue weighted by Gasteiger charge is 2.61. The largest absolute Gasteiger partial charge is 0.465 e. The van der Waals surface area contributed by atoms with Crippen molar-refractivity contribution in [2.45, 2.75) is 64.2 Å². The van der Waals surface area contributed by atoms with Crippen LogP contribution in [-0.2, 0) is 19.1 Å². The van der Waals surface area contributed by atoms with E-state index in [0.29, 0.717) is 32.0 Å². The van der Waals surface area contributed by atoms with Crippen LogP contribution in [-0.4, -0.2) is 53.8 Å². The van der Waals surface area contributed by atoms with Gasteiger partial charge in [-0.1, -0.05) is 55.3 Å². The Bertz CT molecular complexity index is 964. The zero-order valence-corrected chi connectivity index (χ0v) is 20.9. The van der Waals surface area contributed by atoms with E-state index < -0.39 is 11.3 Å². The van der Waals surface area contributed by atoms with Crippen molar-refractivity contribution < 1.29 is 19.1 Å². The average molecular weight is 479 g/mol. The van der Waals surface area contributed by atoms with E-state index in [1.165, 1.54) is 5.56 Å². The maximum atomic E-state index is 13.7. The minimum absolute atomic E-state index is 0.0403. The first-order chi connectivity index (χ1) is 17.0. The summed E-state index contributed by atoms with van der Waals surface area (Å²) in [7, 11) is 0. The lowest BCUT2D eigenvalue weighted by atomic mass is 9.69. The smallest absolute Gasteiger partial charge is 0.318 e. The van der Waals surface area contributed by atoms with Crippen LogP contribution >= 0.6 is 0 Å². The summed E-state index contributed by atoms with van der Waals surface area (Å²) in [5.74, 6) is -0.847. The maximum absolute atomic E-state index is 13.7. The van der Waals surface area contributed by atoms with Crippen LogP contribution in [0.25, 0.3) is 0 Å². The van der Waals surface area contributed by atoms with Crippen LogP contribution in [0.2, 0.25) is 0 Å². The molecule has 0 saturated carbocycles. The number of esters is 1. The third-order valence-corrected chi connectivity index (χ3v) is 7.97. The number of piperidine rings is 1. The van der Waals surface area contributed by atoms with Crippen LogP contribution in [0.15, 0.2) is 54.8 Å². The third-order valence-electron chi connectivity index (χ3n) is 7.97. The summed E-state index contributed by atoms with van der Waals surface area (Å²) in [6, 6.07) is 10.4. The fourth-order valence-electron chi connectivity index (χ4n) is 6.17. The lowest BCUT2D eigenvalue weighted by molar-refractivity contribution is -0.158. The molecule has 0 spiro atoms. The van der Waals surface area contributed by atoms with E-state index in [4.69, 9.17) is 4.74 Å². The monoisotopic (exact) mass is 478 g/mol. The molecule has 2 amide bonds. The molecule has 6 heteroatoms. The zero-order valence-electron chi connectivity index (χ0n) is 20.9. The van der Waals surface area contributed by atoms with E-state index >= 15 is 0 Å². The predicted octanol–water partition coefficient (Wildman–Crippen LogP) is 4.82. The fraction of sp³-hybridized carbons (Fsp3) is 0.552. The molecule has 0 bridgehead atoms. The van der Waals surface area contributed by atoms with Gasteiger partial charge in [-0.3, -0.25) is 14.4 Å². The van der Waals surface area contributed by atoms with Crippen LogP contribution in [0.1, 0.15) is 69.8 Å². The number of amides is 2. The van der Waals surface area contributed by atoms with Gasteiger partial charge < -0.3 is 14.5 Å². The molecule has 188 valence electrons. The first kappa shape index (κ1) is 25.2. The van der Waals surface area contributed by atoms with Crippen molar-refractivity contribution in [3.8, 4) is 0 Å². The summed E-state index contributed by atoms with van der Waals surface area (Å²) in [6.07, 6.45) is 9.77. The Labute approximate surface area is 209 Å². The molecule has 2 fully saturated rings. The topological polar surface area (TPSA) is 66.9 Å². The minimum atomic E-state index is -1.09. The van der Waals surface area contributed by atoms with Crippen molar-refractivity contribution in [3.05, 3.63) is 60.3 Å². The first-order valence-electron chi connectivity index (χ1n) is 13.2. The number of rotatable bonds is 7. The van der Waals surface area contributed by atoms with Crippen molar-refractivity contribution >= 4 is 17.8 Å². The van der Waals surface area contributed by atoms with E-state index in [0.717, 1.165) is 44.2 Å². The molecule has 6 nitrogen and oxygen atoms in total. The van der Waals surface area contributed by atoms with Crippen molar-refractivity contribution in [1.29, 1.82) is 0 Å². The number of hydrogen-bond acceptors (Lipinski definition) is 4. The van der Waals surface area contributed by atoms with Gasteiger partial charge in [-0.25, -0.2) is 0 Å². The molecule has 0 aromatic heterocycles. The van der Waals surface area contributed by atoms with Gasteiger partial charge >= 0.3 is 5.97 Å². The second-order valence-corrected chi connectivity index (χ2v) is 9.94. The molecule has 2 saturated heterocycles. The lowest BCUT2D eigenvalue weighted by Gasteiger charge is -2.36. The highest BCUT2D eigenvalue weighted by Crippen LogP contribution is 2.52. The summed E-state index contributed by atoms with van der Waals surface area (Å²) < 4.78 is 5.57. The van der Waals surface area contributed by atoms with Gasteiger partial charge in [0.05, 0.1) is 12.5 Å². The van der Waals surface area contributed by atoms with E-state index in [-0.39, 0.29) is 30.8 Å². The van der Waals surface area contributed by atoms with Crippen molar-refractivity contribution in [1.82, 2.24) is 9.80 Å². The molecule has 2 heterocycles. The van der Waals surface area contributed by atoms with E-state index in [1.54, 1.807) is 17.9 Å². The lowest BCUT2D eigenvalue weighted by Crippen LogP contribution is -2.44.